The SMILES string of the molecule is CCS(=O)(=O)N(CCN)C1CCCC1. The second-order valence-electron chi connectivity index (χ2n) is 3.74. The summed E-state index contributed by atoms with van der Waals surface area (Å²) in [5.74, 6) is 0.184. The van der Waals surface area contributed by atoms with E-state index in [0.717, 1.165) is 25.7 Å². The van der Waals surface area contributed by atoms with E-state index < -0.39 is 10.0 Å². The largest absolute Gasteiger partial charge is 0.329 e. The van der Waals surface area contributed by atoms with Crippen LogP contribution in [0.2, 0.25) is 0 Å². The van der Waals surface area contributed by atoms with E-state index in [0.29, 0.717) is 13.1 Å². The number of rotatable bonds is 5. The van der Waals surface area contributed by atoms with Gasteiger partial charge in [-0.15, -0.1) is 0 Å². The number of hydrogen-bond acceptors (Lipinski definition) is 3. The Balaban J connectivity index is 2.72. The van der Waals surface area contributed by atoms with Gasteiger partial charge in [-0.25, -0.2) is 8.42 Å². The fourth-order valence-electron chi connectivity index (χ4n) is 2.03. The zero-order valence-electron chi connectivity index (χ0n) is 8.78. The number of nitrogens with zero attached hydrogens (tertiary/aromatic N) is 1. The fourth-order valence-corrected chi connectivity index (χ4v) is 3.41. The Kier molecular flexibility index (Phi) is 4.34. The van der Waals surface area contributed by atoms with E-state index in [1.165, 1.54) is 0 Å². The molecular weight excluding hydrogens is 200 g/mol. The number of nitrogens with two attached hydrogens (primary N) is 1. The molecule has 2 N–H and O–H groups in total. The van der Waals surface area contributed by atoms with Crippen LogP contribution in [0.1, 0.15) is 32.6 Å². The van der Waals surface area contributed by atoms with E-state index in [1.807, 2.05) is 0 Å². The lowest BCUT2D eigenvalue weighted by atomic mass is 10.2. The topological polar surface area (TPSA) is 63.4 Å². The van der Waals surface area contributed by atoms with Crippen LogP contribution in [0.15, 0.2) is 0 Å². The van der Waals surface area contributed by atoms with E-state index in [1.54, 1.807) is 11.2 Å². The van der Waals surface area contributed by atoms with Gasteiger partial charge in [0, 0.05) is 19.1 Å². The minimum Gasteiger partial charge on any atom is -0.329 e. The molecule has 1 aliphatic carbocycles. The Labute approximate surface area is 86.5 Å². The van der Waals surface area contributed by atoms with Crippen molar-refractivity contribution in [3.8, 4) is 0 Å². The Hall–Kier alpha value is -0.130. The van der Waals surface area contributed by atoms with E-state index in [9.17, 15) is 8.42 Å². The predicted octanol–water partition coefficient (Wildman–Crippen LogP) is 0.539. The third-order valence-corrected chi connectivity index (χ3v) is 4.73. The molecule has 1 saturated carbocycles. The molecule has 1 rings (SSSR count). The van der Waals surface area contributed by atoms with Gasteiger partial charge in [0.25, 0.3) is 0 Å². The van der Waals surface area contributed by atoms with Gasteiger partial charge in [-0.3, -0.25) is 0 Å². The summed E-state index contributed by atoms with van der Waals surface area (Å²) < 4.78 is 25.1. The van der Waals surface area contributed by atoms with E-state index in [4.69, 9.17) is 5.73 Å². The molecule has 0 heterocycles. The van der Waals surface area contributed by atoms with Gasteiger partial charge in [0.05, 0.1) is 5.75 Å². The number of sulfonamides is 1. The maximum absolute atomic E-state index is 11.7. The van der Waals surface area contributed by atoms with Crippen molar-refractivity contribution in [2.45, 2.75) is 38.6 Å². The minimum atomic E-state index is -3.05. The molecule has 0 atom stereocenters. The standard InChI is InChI=1S/C9H20N2O2S/c1-2-14(12,13)11(8-7-10)9-5-3-4-6-9/h9H,2-8,10H2,1H3. The first kappa shape index (κ1) is 11.9. The summed E-state index contributed by atoms with van der Waals surface area (Å²) in [6.45, 7) is 2.57. The molecule has 84 valence electrons. The second-order valence-corrected chi connectivity index (χ2v) is 5.95. The molecule has 0 aromatic rings. The van der Waals surface area contributed by atoms with Crippen molar-refractivity contribution in [2.24, 2.45) is 5.73 Å². The van der Waals surface area contributed by atoms with Crippen molar-refractivity contribution in [1.29, 1.82) is 0 Å². The van der Waals surface area contributed by atoms with Crippen LogP contribution in [0.3, 0.4) is 0 Å². The van der Waals surface area contributed by atoms with Crippen LogP contribution in [-0.4, -0.2) is 37.6 Å². The summed E-state index contributed by atoms with van der Waals surface area (Å²) in [4.78, 5) is 0. The highest BCUT2D eigenvalue weighted by Gasteiger charge is 2.29. The van der Waals surface area contributed by atoms with Gasteiger partial charge in [-0.05, 0) is 19.8 Å². The fraction of sp³-hybridized carbons (Fsp3) is 1.00. The zero-order valence-corrected chi connectivity index (χ0v) is 9.59. The highest BCUT2D eigenvalue weighted by molar-refractivity contribution is 7.89. The molecule has 0 aliphatic heterocycles. The van der Waals surface area contributed by atoms with Crippen LogP contribution < -0.4 is 5.73 Å². The molecule has 0 amide bonds. The Morgan fingerprint density at radius 1 is 1.36 bits per heavy atom. The molecule has 14 heavy (non-hydrogen) atoms. The first-order valence-corrected chi connectivity index (χ1v) is 6.92. The Bertz CT molecular complexity index is 258. The molecule has 0 unspecified atom stereocenters. The molecule has 0 aromatic heterocycles. The van der Waals surface area contributed by atoms with Gasteiger partial charge in [-0.2, -0.15) is 4.31 Å². The first-order valence-electron chi connectivity index (χ1n) is 5.31. The monoisotopic (exact) mass is 220 g/mol. The molecule has 1 aliphatic rings. The lowest BCUT2D eigenvalue weighted by molar-refractivity contribution is 0.329. The van der Waals surface area contributed by atoms with E-state index in [2.05, 4.69) is 0 Å². The van der Waals surface area contributed by atoms with Crippen molar-refractivity contribution in [2.75, 3.05) is 18.8 Å². The predicted molar refractivity (Wildman–Crippen MR) is 57.5 cm³/mol. The third kappa shape index (κ3) is 2.68. The molecule has 0 saturated heterocycles. The summed E-state index contributed by atoms with van der Waals surface area (Å²) in [6, 6.07) is 0.212. The van der Waals surface area contributed by atoms with Crippen LogP contribution in [0, 0.1) is 0 Å². The minimum absolute atomic E-state index is 0.184. The maximum Gasteiger partial charge on any atom is 0.214 e. The zero-order chi connectivity index (χ0) is 10.6. The summed E-state index contributed by atoms with van der Waals surface area (Å²) in [6.07, 6.45) is 4.29. The van der Waals surface area contributed by atoms with Crippen molar-refractivity contribution in [3.63, 3.8) is 0 Å². The molecule has 4 nitrogen and oxygen atoms in total. The van der Waals surface area contributed by atoms with Crippen molar-refractivity contribution in [1.82, 2.24) is 4.31 Å². The van der Waals surface area contributed by atoms with Crippen LogP contribution >= 0.6 is 0 Å². The molecular formula is C9H20N2O2S. The lowest BCUT2D eigenvalue weighted by Gasteiger charge is -2.26. The van der Waals surface area contributed by atoms with Crippen LogP contribution in [0.4, 0.5) is 0 Å². The van der Waals surface area contributed by atoms with Crippen LogP contribution in [0.25, 0.3) is 0 Å². The highest BCUT2D eigenvalue weighted by atomic mass is 32.2. The molecule has 5 heteroatoms. The Morgan fingerprint density at radius 2 is 1.93 bits per heavy atom. The summed E-state index contributed by atoms with van der Waals surface area (Å²) >= 11 is 0. The normalized spacial score (nSPS) is 19.4. The summed E-state index contributed by atoms with van der Waals surface area (Å²) in [5.41, 5.74) is 5.44. The quantitative estimate of drug-likeness (QED) is 0.735. The van der Waals surface area contributed by atoms with Crippen molar-refractivity contribution >= 4 is 10.0 Å². The average molecular weight is 220 g/mol. The molecule has 1 fully saturated rings. The second kappa shape index (κ2) is 5.09. The summed E-state index contributed by atoms with van der Waals surface area (Å²) in [7, 11) is -3.05. The van der Waals surface area contributed by atoms with E-state index >= 15 is 0 Å². The summed E-state index contributed by atoms with van der Waals surface area (Å²) in [5, 5.41) is 0. The average Bonchev–Trinajstić information content (AvgIpc) is 2.66. The van der Waals surface area contributed by atoms with Gasteiger partial charge < -0.3 is 5.73 Å². The smallest absolute Gasteiger partial charge is 0.214 e. The van der Waals surface area contributed by atoms with Gasteiger partial charge in [0.1, 0.15) is 0 Å². The Morgan fingerprint density at radius 3 is 2.36 bits per heavy atom. The van der Waals surface area contributed by atoms with Crippen LogP contribution in [0.5, 0.6) is 0 Å². The van der Waals surface area contributed by atoms with Gasteiger partial charge in [-0.1, -0.05) is 12.8 Å². The van der Waals surface area contributed by atoms with Gasteiger partial charge in [0.15, 0.2) is 0 Å². The van der Waals surface area contributed by atoms with Gasteiger partial charge >= 0.3 is 0 Å². The molecule has 0 radical (unpaired) electrons. The van der Waals surface area contributed by atoms with Crippen LogP contribution in [-0.2, 0) is 10.0 Å². The van der Waals surface area contributed by atoms with Crippen molar-refractivity contribution in [3.05, 3.63) is 0 Å². The maximum atomic E-state index is 11.7. The molecule has 0 aromatic carbocycles. The first-order chi connectivity index (χ1) is 6.61. The number of hydrogen-bond donors (Lipinski definition) is 1. The van der Waals surface area contributed by atoms with E-state index in [-0.39, 0.29) is 11.8 Å². The molecule has 0 bridgehead atoms. The highest BCUT2D eigenvalue weighted by Crippen LogP contribution is 2.25. The third-order valence-electron chi connectivity index (χ3n) is 2.80. The molecule has 0 spiro atoms. The van der Waals surface area contributed by atoms with Gasteiger partial charge in [0.2, 0.25) is 10.0 Å². The van der Waals surface area contributed by atoms with Crippen molar-refractivity contribution < 1.29 is 8.42 Å². The lowest BCUT2D eigenvalue weighted by Crippen LogP contribution is -2.42.